The van der Waals surface area contributed by atoms with Gasteiger partial charge in [0.1, 0.15) is 0 Å². The Hall–Kier alpha value is -3.34. The van der Waals surface area contributed by atoms with Gasteiger partial charge in [-0.25, -0.2) is 9.79 Å². The van der Waals surface area contributed by atoms with E-state index in [1.807, 2.05) is 48.5 Å². The van der Waals surface area contributed by atoms with Crippen molar-refractivity contribution in [3.8, 4) is 11.5 Å². The zero-order valence-corrected chi connectivity index (χ0v) is 16.8. The van der Waals surface area contributed by atoms with Gasteiger partial charge in [-0.3, -0.25) is 0 Å². The van der Waals surface area contributed by atoms with E-state index in [0.29, 0.717) is 30.2 Å². The molecule has 0 spiro atoms. The molecule has 2 atom stereocenters. The number of esters is 1. The van der Waals surface area contributed by atoms with Gasteiger partial charge in [0.05, 0.1) is 14.2 Å². The molecule has 0 N–H and O–H groups in total. The highest BCUT2D eigenvalue weighted by Crippen LogP contribution is 2.44. The first-order chi connectivity index (χ1) is 14.1. The number of allylic oxidation sites excluding steroid dienone is 1. The molecule has 2 aromatic carbocycles. The van der Waals surface area contributed by atoms with Crippen LogP contribution in [0, 0.1) is 0 Å². The third kappa shape index (κ3) is 3.81. The lowest BCUT2D eigenvalue weighted by Gasteiger charge is -2.31. The molecule has 0 bridgehead atoms. The van der Waals surface area contributed by atoms with Crippen molar-refractivity contribution in [3.63, 3.8) is 0 Å². The van der Waals surface area contributed by atoms with Crippen LogP contribution in [0.2, 0.25) is 0 Å². The van der Waals surface area contributed by atoms with Crippen LogP contribution in [-0.4, -0.2) is 31.6 Å². The first kappa shape index (κ1) is 20.4. The van der Waals surface area contributed by atoms with E-state index in [-0.39, 0.29) is 5.92 Å². The largest absolute Gasteiger partial charge is 0.493 e. The fraction of sp³-hybridized carbons (Fsp3) is 0.250. The predicted octanol–water partition coefficient (Wildman–Crippen LogP) is 4.68. The number of hydrogen-bond acceptors (Lipinski definition) is 5. The van der Waals surface area contributed by atoms with Gasteiger partial charge >= 0.3 is 5.97 Å². The van der Waals surface area contributed by atoms with Crippen molar-refractivity contribution in [2.24, 2.45) is 4.99 Å². The van der Waals surface area contributed by atoms with Crippen LogP contribution in [0.25, 0.3) is 0 Å². The molecule has 5 nitrogen and oxygen atoms in total. The second-order valence-corrected chi connectivity index (χ2v) is 6.78. The van der Waals surface area contributed by atoms with Crippen LogP contribution >= 0.6 is 0 Å². The number of carbonyl (C=O) groups is 1. The maximum absolute atomic E-state index is 13.2. The summed E-state index contributed by atoms with van der Waals surface area (Å²) >= 11 is 0. The molecule has 1 aliphatic rings. The van der Waals surface area contributed by atoms with Gasteiger partial charge in [0.25, 0.3) is 0 Å². The molecule has 0 radical (unpaired) electrons. The Morgan fingerprint density at radius 3 is 2.41 bits per heavy atom. The molecule has 150 valence electrons. The van der Waals surface area contributed by atoms with Crippen molar-refractivity contribution >= 4 is 11.9 Å². The minimum absolute atomic E-state index is 0.300. The Balaban J connectivity index is 2.13. The molecule has 5 heteroatoms. The highest BCUT2D eigenvalue weighted by atomic mass is 16.6. The fourth-order valence-corrected chi connectivity index (χ4v) is 3.68. The third-order valence-electron chi connectivity index (χ3n) is 5.11. The van der Waals surface area contributed by atoms with Gasteiger partial charge in [-0.2, -0.15) is 0 Å². The molecule has 0 saturated heterocycles. The standard InChI is InChI=1S/C24H25NO4/c1-5-10-19(18-13-14-20(27-3)21(16-18)28-4)24(15-6-2)23(26)29-22(25-24)17-11-8-7-9-12-17/h5-9,11-14,16,19H,1-2,10,15H2,3-4H3/t19-,24+/m0/s1. The number of rotatable bonds is 9. The lowest BCUT2D eigenvalue weighted by molar-refractivity contribution is -0.139. The summed E-state index contributed by atoms with van der Waals surface area (Å²) in [5.41, 5.74) is 0.525. The maximum atomic E-state index is 13.2. The van der Waals surface area contributed by atoms with Crippen molar-refractivity contribution in [1.29, 1.82) is 0 Å². The first-order valence-corrected chi connectivity index (χ1v) is 9.41. The Morgan fingerprint density at radius 2 is 1.79 bits per heavy atom. The molecule has 0 aromatic heterocycles. The Labute approximate surface area is 171 Å². The molecule has 0 aliphatic carbocycles. The highest BCUT2D eigenvalue weighted by molar-refractivity contribution is 6.08. The van der Waals surface area contributed by atoms with Crippen LogP contribution < -0.4 is 9.47 Å². The van der Waals surface area contributed by atoms with Crippen LogP contribution in [-0.2, 0) is 9.53 Å². The van der Waals surface area contributed by atoms with Gasteiger partial charge in [-0.1, -0.05) is 36.4 Å². The number of nitrogens with zero attached hydrogens (tertiary/aromatic N) is 1. The zero-order valence-electron chi connectivity index (χ0n) is 16.8. The van der Waals surface area contributed by atoms with E-state index in [4.69, 9.17) is 19.2 Å². The lowest BCUT2D eigenvalue weighted by Crippen LogP contribution is -2.40. The van der Waals surface area contributed by atoms with Crippen LogP contribution in [0.4, 0.5) is 0 Å². The summed E-state index contributed by atoms with van der Waals surface area (Å²) in [5.74, 6) is 0.844. The monoisotopic (exact) mass is 391 g/mol. The normalized spacial score (nSPS) is 19.1. The molecular weight excluding hydrogens is 366 g/mol. The van der Waals surface area contributed by atoms with Gasteiger partial charge in [0.2, 0.25) is 5.90 Å². The SMILES string of the molecule is C=CC[C@@H](c1ccc(OC)c(OC)c1)[C@@]1(CC=C)N=C(c2ccccc2)OC1=O. The summed E-state index contributed by atoms with van der Waals surface area (Å²) in [7, 11) is 3.17. The molecular formula is C24H25NO4. The number of ether oxygens (including phenoxy) is 3. The van der Waals surface area contributed by atoms with Gasteiger partial charge in [0.15, 0.2) is 17.0 Å². The molecule has 2 aromatic rings. The Kier molecular flexibility index (Phi) is 6.17. The molecule has 0 saturated carbocycles. The average molecular weight is 391 g/mol. The number of cyclic esters (lactones) is 1. The van der Waals surface area contributed by atoms with E-state index in [0.717, 1.165) is 11.1 Å². The highest BCUT2D eigenvalue weighted by Gasteiger charge is 2.51. The van der Waals surface area contributed by atoms with Crippen molar-refractivity contribution in [3.05, 3.63) is 85.0 Å². The number of benzene rings is 2. The molecule has 29 heavy (non-hydrogen) atoms. The molecule has 1 aliphatic heterocycles. The van der Waals surface area contributed by atoms with Crippen molar-refractivity contribution in [2.75, 3.05) is 14.2 Å². The second kappa shape index (κ2) is 8.78. The molecule has 1 heterocycles. The van der Waals surface area contributed by atoms with Crippen molar-refractivity contribution in [2.45, 2.75) is 24.3 Å². The van der Waals surface area contributed by atoms with E-state index in [1.165, 1.54) is 0 Å². The second-order valence-electron chi connectivity index (χ2n) is 6.78. The number of methoxy groups -OCH3 is 2. The predicted molar refractivity (Wildman–Crippen MR) is 114 cm³/mol. The molecule has 0 amide bonds. The third-order valence-corrected chi connectivity index (χ3v) is 5.11. The van der Waals surface area contributed by atoms with Gasteiger partial charge in [-0.15, -0.1) is 13.2 Å². The van der Waals surface area contributed by atoms with E-state index in [9.17, 15) is 4.79 Å². The summed E-state index contributed by atoms with van der Waals surface area (Å²) < 4.78 is 16.4. The zero-order chi connectivity index (χ0) is 20.9. The summed E-state index contributed by atoms with van der Waals surface area (Å²) in [6.07, 6.45) is 4.37. The van der Waals surface area contributed by atoms with E-state index >= 15 is 0 Å². The number of aliphatic imine (C=N–C) groups is 1. The topological polar surface area (TPSA) is 57.1 Å². The summed E-state index contributed by atoms with van der Waals surface area (Å²) in [6.45, 7) is 7.74. The molecule has 3 rings (SSSR count). The van der Waals surface area contributed by atoms with Gasteiger partial charge < -0.3 is 14.2 Å². The van der Waals surface area contributed by atoms with Gasteiger partial charge in [-0.05, 0) is 36.2 Å². The maximum Gasteiger partial charge on any atom is 0.341 e. The van der Waals surface area contributed by atoms with E-state index < -0.39 is 11.5 Å². The first-order valence-electron chi connectivity index (χ1n) is 9.41. The van der Waals surface area contributed by atoms with Crippen molar-refractivity contribution in [1.82, 2.24) is 0 Å². The van der Waals surface area contributed by atoms with Crippen molar-refractivity contribution < 1.29 is 19.0 Å². The van der Waals surface area contributed by atoms with Crippen LogP contribution in [0.3, 0.4) is 0 Å². The number of hydrogen-bond donors (Lipinski definition) is 0. The minimum atomic E-state index is -1.12. The molecule has 0 unspecified atom stereocenters. The number of carbonyl (C=O) groups excluding carboxylic acids is 1. The summed E-state index contributed by atoms with van der Waals surface area (Å²) in [4.78, 5) is 18.0. The average Bonchev–Trinajstić information content (AvgIpc) is 3.09. The molecule has 0 fully saturated rings. The van der Waals surface area contributed by atoms with Gasteiger partial charge in [0, 0.05) is 17.9 Å². The fourth-order valence-electron chi connectivity index (χ4n) is 3.68. The van der Waals surface area contributed by atoms with Crippen LogP contribution in [0.5, 0.6) is 11.5 Å². The smallest absolute Gasteiger partial charge is 0.341 e. The Morgan fingerprint density at radius 1 is 1.07 bits per heavy atom. The summed E-state index contributed by atoms with van der Waals surface area (Å²) in [6, 6.07) is 15.0. The minimum Gasteiger partial charge on any atom is -0.493 e. The van der Waals surface area contributed by atoms with Crippen LogP contribution in [0.1, 0.15) is 29.9 Å². The van der Waals surface area contributed by atoms with E-state index in [1.54, 1.807) is 26.4 Å². The summed E-state index contributed by atoms with van der Waals surface area (Å²) in [5, 5.41) is 0. The quantitative estimate of drug-likeness (QED) is 0.460. The van der Waals surface area contributed by atoms with Crippen LogP contribution in [0.15, 0.2) is 78.8 Å². The van der Waals surface area contributed by atoms with E-state index in [2.05, 4.69) is 13.2 Å². The lowest BCUT2D eigenvalue weighted by atomic mass is 9.75. The Bertz CT molecular complexity index is 935.